The predicted octanol–water partition coefficient (Wildman–Crippen LogP) is 2.99. The molecule has 3 fully saturated rings. The Morgan fingerprint density at radius 1 is 1.13 bits per heavy atom. The molecule has 1 saturated carbocycles. The molecule has 2 bridgehead atoms. The summed E-state index contributed by atoms with van der Waals surface area (Å²) in [5, 5.41) is 0. The van der Waals surface area contributed by atoms with Crippen molar-refractivity contribution in [1.82, 2.24) is 14.8 Å². The van der Waals surface area contributed by atoms with E-state index >= 15 is 0 Å². The zero-order chi connectivity index (χ0) is 21.6. The van der Waals surface area contributed by atoms with Gasteiger partial charge in [0.25, 0.3) is 0 Å². The van der Waals surface area contributed by atoms with Crippen molar-refractivity contribution in [1.29, 1.82) is 0 Å². The lowest BCUT2D eigenvalue weighted by Crippen LogP contribution is -2.45. The van der Waals surface area contributed by atoms with Gasteiger partial charge in [0.1, 0.15) is 0 Å². The highest BCUT2D eigenvalue weighted by molar-refractivity contribution is 6.10. The number of rotatable bonds is 5. The first kappa shape index (κ1) is 19.9. The summed E-state index contributed by atoms with van der Waals surface area (Å²) < 4.78 is 0. The van der Waals surface area contributed by atoms with Crippen LogP contribution in [0.1, 0.15) is 48.8 Å². The van der Waals surface area contributed by atoms with Crippen LogP contribution in [0.15, 0.2) is 48.8 Å². The average Bonchev–Trinajstić information content (AvgIpc) is 3.46. The lowest BCUT2D eigenvalue weighted by molar-refractivity contribution is -0.143. The van der Waals surface area contributed by atoms with Gasteiger partial charge >= 0.3 is 0 Å². The standard InChI is InChI=1S/C25H27N3O3/c1-17-4-2-3-5-21(17)25(13-22(29)27-16-19-6-7-20(27)12-19)14-23(30)28(24(25)31)15-18-8-10-26-11-9-18/h2-5,8-11,19-20H,6-7,12-16H2,1H3/t19-,20+,25-/m0/s1. The van der Waals surface area contributed by atoms with Crippen molar-refractivity contribution in [3.8, 4) is 0 Å². The molecule has 160 valence electrons. The maximum atomic E-state index is 13.8. The second-order valence-corrected chi connectivity index (χ2v) is 9.27. The van der Waals surface area contributed by atoms with Crippen molar-refractivity contribution in [2.24, 2.45) is 5.92 Å². The van der Waals surface area contributed by atoms with E-state index in [0.29, 0.717) is 12.0 Å². The van der Waals surface area contributed by atoms with E-state index in [1.165, 1.54) is 11.3 Å². The Morgan fingerprint density at radius 2 is 1.90 bits per heavy atom. The number of nitrogens with zero attached hydrogens (tertiary/aromatic N) is 3. The number of benzene rings is 1. The highest BCUT2D eigenvalue weighted by Gasteiger charge is 2.55. The van der Waals surface area contributed by atoms with Gasteiger partial charge in [-0.3, -0.25) is 24.3 Å². The van der Waals surface area contributed by atoms with Crippen molar-refractivity contribution in [2.75, 3.05) is 6.54 Å². The monoisotopic (exact) mass is 417 g/mol. The van der Waals surface area contributed by atoms with Gasteiger partial charge in [0.15, 0.2) is 0 Å². The third-order valence-corrected chi connectivity index (χ3v) is 7.34. The van der Waals surface area contributed by atoms with Gasteiger partial charge in [-0.2, -0.15) is 0 Å². The van der Waals surface area contributed by atoms with E-state index in [0.717, 1.165) is 36.1 Å². The number of aryl methyl sites for hydroxylation is 1. The van der Waals surface area contributed by atoms with E-state index in [2.05, 4.69) is 4.98 Å². The Kier molecular flexibility index (Phi) is 4.88. The number of hydrogen-bond donors (Lipinski definition) is 0. The Balaban J connectivity index is 1.49. The molecule has 0 unspecified atom stereocenters. The molecule has 3 amide bonds. The summed E-state index contributed by atoms with van der Waals surface area (Å²) in [7, 11) is 0. The molecule has 1 aromatic heterocycles. The molecule has 5 rings (SSSR count). The Hall–Kier alpha value is -3.02. The van der Waals surface area contributed by atoms with Crippen LogP contribution in [0.3, 0.4) is 0 Å². The summed E-state index contributed by atoms with van der Waals surface area (Å²) in [5.41, 5.74) is 1.45. The van der Waals surface area contributed by atoms with Crippen LogP contribution < -0.4 is 0 Å². The third kappa shape index (κ3) is 3.34. The minimum Gasteiger partial charge on any atom is -0.339 e. The van der Waals surface area contributed by atoms with E-state index in [-0.39, 0.29) is 37.1 Å². The lowest BCUT2D eigenvalue weighted by Gasteiger charge is -2.33. The summed E-state index contributed by atoms with van der Waals surface area (Å²) in [5.74, 6) is 0.108. The molecule has 0 N–H and O–H groups in total. The molecule has 2 aromatic rings. The maximum Gasteiger partial charge on any atom is 0.241 e. The SMILES string of the molecule is Cc1ccccc1[C@]1(CC(=O)N2C[C@H]3CC[C@@H]2C3)CC(=O)N(Cc2ccncc2)C1=O. The fourth-order valence-corrected chi connectivity index (χ4v) is 5.78. The Morgan fingerprint density at radius 3 is 2.58 bits per heavy atom. The number of hydrogen-bond acceptors (Lipinski definition) is 4. The molecule has 1 aliphatic carbocycles. The zero-order valence-corrected chi connectivity index (χ0v) is 17.8. The van der Waals surface area contributed by atoms with Crippen LogP contribution in [0.4, 0.5) is 0 Å². The van der Waals surface area contributed by atoms with Crippen LogP contribution in [-0.2, 0) is 26.3 Å². The fraction of sp³-hybridized carbons (Fsp3) is 0.440. The van der Waals surface area contributed by atoms with Crippen LogP contribution >= 0.6 is 0 Å². The molecule has 3 heterocycles. The second kappa shape index (κ2) is 7.59. The molecule has 6 nitrogen and oxygen atoms in total. The van der Waals surface area contributed by atoms with Crippen LogP contribution in [0, 0.1) is 12.8 Å². The van der Waals surface area contributed by atoms with Gasteiger partial charge in [-0.15, -0.1) is 0 Å². The molecule has 2 saturated heterocycles. The maximum absolute atomic E-state index is 13.8. The molecule has 1 aromatic carbocycles. The van der Waals surface area contributed by atoms with Crippen molar-refractivity contribution in [3.05, 3.63) is 65.5 Å². The average molecular weight is 418 g/mol. The van der Waals surface area contributed by atoms with Gasteiger partial charge in [-0.05, 0) is 60.9 Å². The van der Waals surface area contributed by atoms with Gasteiger partial charge in [0, 0.05) is 37.8 Å². The van der Waals surface area contributed by atoms with Crippen LogP contribution in [-0.4, -0.2) is 45.1 Å². The van der Waals surface area contributed by atoms with Gasteiger partial charge in [-0.1, -0.05) is 24.3 Å². The highest BCUT2D eigenvalue weighted by atomic mass is 16.2. The molecule has 31 heavy (non-hydrogen) atoms. The molecule has 0 spiro atoms. The minimum atomic E-state index is -1.13. The molecule has 2 aliphatic heterocycles. The number of amides is 3. The summed E-state index contributed by atoms with van der Waals surface area (Å²) in [6, 6.07) is 11.6. The quantitative estimate of drug-likeness (QED) is 0.702. The largest absolute Gasteiger partial charge is 0.339 e. The first-order chi connectivity index (χ1) is 15.0. The second-order valence-electron chi connectivity index (χ2n) is 9.27. The molecular formula is C25H27N3O3. The first-order valence-electron chi connectivity index (χ1n) is 11.1. The molecule has 3 aliphatic rings. The zero-order valence-electron chi connectivity index (χ0n) is 17.8. The van der Waals surface area contributed by atoms with Crippen molar-refractivity contribution < 1.29 is 14.4 Å². The highest BCUT2D eigenvalue weighted by Crippen LogP contribution is 2.44. The number of pyridine rings is 1. The molecule has 0 radical (unpaired) electrons. The van der Waals surface area contributed by atoms with E-state index in [1.54, 1.807) is 24.5 Å². The minimum absolute atomic E-state index is 0.00219. The smallest absolute Gasteiger partial charge is 0.241 e. The first-order valence-corrected chi connectivity index (χ1v) is 11.1. The Bertz CT molecular complexity index is 1040. The number of imide groups is 1. The molecule has 3 atom stereocenters. The number of carbonyl (C=O) groups is 3. The Labute approximate surface area is 182 Å². The predicted molar refractivity (Wildman–Crippen MR) is 115 cm³/mol. The summed E-state index contributed by atoms with van der Waals surface area (Å²) in [6.07, 6.45) is 6.71. The summed E-state index contributed by atoms with van der Waals surface area (Å²) in [4.78, 5) is 47.6. The van der Waals surface area contributed by atoms with E-state index in [4.69, 9.17) is 0 Å². The number of likely N-dealkylation sites (tertiary alicyclic amines) is 2. The van der Waals surface area contributed by atoms with Gasteiger partial charge in [0.2, 0.25) is 17.7 Å². The van der Waals surface area contributed by atoms with Crippen molar-refractivity contribution in [3.63, 3.8) is 0 Å². The van der Waals surface area contributed by atoms with Crippen molar-refractivity contribution >= 4 is 17.7 Å². The summed E-state index contributed by atoms with van der Waals surface area (Å²) >= 11 is 0. The topological polar surface area (TPSA) is 70.6 Å². The number of fused-ring (bicyclic) bond motifs is 2. The van der Waals surface area contributed by atoms with Crippen LogP contribution in [0.25, 0.3) is 0 Å². The van der Waals surface area contributed by atoms with Crippen LogP contribution in [0.2, 0.25) is 0 Å². The lowest BCUT2D eigenvalue weighted by atomic mass is 9.73. The van der Waals surface area contributed by atoms with E-state index in [9.17, 15) is 14.4 Å². The van der Waals surface area contributed by atoms with Gasteiger partial charge in [-0.25, -0.2) is 0 Å². The summed E-state index contributed by atoms with van der Waals surface area (Å²) in [6.45, 7) is 2.94. The van der Waals surface area contributed by atoms with Crippen molar-refractivity contribution in [2.45, 2.75) is 57.0 Å². The van der Waals surface area contributed by atoms with E-state index in [1.807, 2.05) is 36.1 Å². The fourth-order valence-electron chi connectivity index (χ4n) is 5.78. The number of aromatic nitrogens is 1. The van der Waals surface area contributed by atoms with Crippen LogP contribution in [0.5, 0.6) is 0 Å². The molecular weight excluding hydrogens is 390 g/mol. The number of carbonyl (C=O) groups excluding carboxylic acids is 3. The normalized spacial score (nSPS) is 27.4. The van der Waals surface area contributed by atoms with E-state index < -0.39 is 5.41 Å². The number of piperidine rings is 1. The third-order valence-electron chi connectivity index (χ3n) is 7.34. The van der Waals surface area contributed by atoms with Gasteiger partial charge in [0.05, 0.1) is 12.0 Å². The molecule has 6 heteroatoms. The van der Waals surface area contributed by atoms with Gasteiger partial charge < -0.3 is 4.90 Å².